The monoisotopic (exact) mass is 512 g/mol. The lowest BCUT2D eigenvalue weighted by Gasteiger charge is -2.28. The van der Waals surface area contributed by atoms with E-state index in [1.54, 1.807) is 0 Å². The van der Waals surface area contributed by atoms with Crippen LogP contribution in [-0.4, -0.2) is 29.2 Å². The van der Waals surface area contributed by atoms with E-state index in [-0.39, 0.29) is 24.4 Å². The largest absolute Gasteiger partial charge is 0.445 e. The van der Waals surface area contributed by atoms with Gasteiger partial charge in [0.2, 0.25) is 5.91 Å². The first-order chi connectivity index (χ1) is 18.3. The zero-order valence-corrected chi connectivity index (χ0v) is 21.5. The summed E-state index contributed by atoms with van der Waals surface area (Å²) in [6.07, 6.45) is -1.67. The average molecular weight is 513 g/mol. The van der Waals surface area contributed by atoms with Gasteiger partial charge >= 0.3 is 6.09 Å². The Hall–Kier alpha value is -4.23. The molecule has 4 rings (SSSR count). The maximum atomic E-state index is 13.5. The van der Waals surface area contributed by atoms with Gasteiger partial charge in [-0.2, -0.15) is 0 Å². The summed E-state index contributed by atoms with van der Waals surface area (Å²) in [4.78, 5) is 38.6. The molecule has 4 aromatic carbocycles. The second-order valence-corrected chi connectivity index (χ2v) is 9.66. The minimum absolute atomic E-state index is 0.0677. The highest BCUT2D eigenvalue weighted by atomic mass is 16.5. The molecule has 0 spiro atoms. The Morgan fingerprint density at radius 3 is 1.95 bits per heavy atom. The summed E-state index contributed by atoms with van der Waals surface area (Å²) in [7, 11) is 0. The number of hydrogen-bond acceptors (Lipinski definition) is 5. The molecule has 196 valence electrons. The van der Waals surface area contributed by atoms with E-state index in [1.165, 1.54) is 0 Å². The van der Waals surface area contributed by atoms with Crippen molar-refractivity contribution >= 4 is 12.0 Å². The van der Waals surface area contributed by atoms with Crippen LogP contribution < -0.4 is 16.1 Å². The second-order valence-electron chi connectivity index (χ2n) is 9.66. The van der Waals surface area contributed by atoms with Crippen LogP contribution in [0.1, 0.15) is 36.6 Å². The van der Waals surface area contributed by atoms with E-state index in [0.717, 1.165) is 16.7 Å². The van der Waals surface area contributed by atoms with Crippen LogP contribution in [0.5, 0.6) is 0 Å². The zero-order valence-electron chi connectivity index (χ0n) is 21.5. The van der Waals surface area contributed by atoms with Crippen molar-refractivity contribution in [3.63, 3.8) is 0 Å². The third-order valence-electron chi connectivity index (χ3n) is 6.51. The number of carbonyl (C=O) groups is 2. The minimum Gasteiger partial charge on any atom is -0.445 e. The summed E-state index contributed by atoms with van der Waals surface area (Å²) >= 11 is 0. The van der Waals surface area contributed by atoms with Gasteiger partial charge in [-0.15, -0.1) is 0 Å². The van der Waals surface area contributed by atoms with Crippen molar-refractivity contribution in [2.75, 3.05) is 0 Å². The molecule has 0 radical (unpaired) electrons. The lowest BCUT2D eigenvalue weighted by atomic mass is 9.95. The standard InChI is InChI=1S/C31H32N2O5/c1-20(2)27(29(35)26-25(28(26)34)23-16-10-5-11-17-23)33-30(36)24(18-21-12-6-3-7-13-21)32-31(37)38-19-22-14-8-4-9-15-22/h3-17,20,24,27,29,35H,18-19H2,1-2H3,(H,32,37)(H,33,36)/t24-,27-,29-/m0/s1. The topological polar surface area (TPSA) is 105 Å². The van der Waals surface area contributed by atoms with E-state index >= 15 is 0 Å². The number of ether oxygens (including phenoxy) is 1. The number of amides is 2. The third kappa shape index (κ3) is 6.75. The highest BCUT2D eigenvalue weighted by Crippen LogP contribution is 2.33. The number of hydrogen-bond donors (Lipinski definition) is 3. The fourth-order valence-electron chi connectivity index (χ4n) is 4.38. The van der Waals surface area contributed by atoms with Crippen LogP contribution in [0.4, 0.5) is 4.79 Å². The van der Waals surface area contributed by atoms with Crippen LogP contribution in [0.25, 0.3) is 11.1 Å². The summed E-state index contributed by atoms with van der Waals surface area (Å²) in [6.45, 7) is 3.78. The normalized spacial score (nSPS) is 13.6. The van der Waals surface area contributed by atoms with Crippen LogP contribution in [0, 0.1) is 5.92 Å². The molecule has 3 atom stereocenters. The molecule has 7 heteroatoms. The first kappa shape index (κ1) is 26.8. The first-order valence-electron chi connectivity index (χ1n) is 12.7. The van der Waals surface area contributed by atoms with Gasteiger partial charge < -0.3 is 20.5 Å². The van der Waals surface area contributed by atoms with E-state index in [9.17, 15) is 19.5 Å². The molecule has 0 bridgehead atoms. The maximum Gasteiger partial charge on any atom is 0.408 e. The SMILES string of the molecule is CC(C)[C@H](NC(=O)[C@H](Cc1ccccc1)NC(=O)OCc1ccccc1)[C@@H](O)c1c(-c2ccccc2)c1=O. The molecule has 4 aromatic rings. The van der Waals surface area contributed by atoms with Gasteiger partial charge in [-0.1, -0.05) is 105 Å². The predicted molar refractivity (Wildman–Crippen MR) is 146 cm³/mol. The summed E-state index contributed by atoms with van der Waals surface area (Å²) in [5.41, 5.74) is 3.01. The quantitative estimate of drug-likeness (QED) is 0.278. The van der Waals surface area contributed by atoms with Crippen LogP contribution >= 0.6 is 0 Å². The molecular weight excluding hydrogens is 480 g/mol. The van der Waals surface area contributed by atoms with Crippen LogP contribution in [0.3, 0.4) is 0 Å². The first-order valence-corrected chi connectivity index (χ1v) is 12.7. The van der Waals surface area contributed by atoms with Gasteiger partial charge in [0.05, 0.1) is 6.04 Å². The van der Waals surface area contributed by atoms with Gasteiger partial charge in [0, 0.05) is 17.5 Å². The fraction of sp³-hybridized carbons (Fsp3) is 0.258. The van der Waals surface area contributed by atoms with Crippen molar-refractivity contribution in [1.29, 1.82) is 0 Å². The van der Waals surface area contributed by atoms with E-state index in [2.05, 4.69) is 10.6 Å². The highest BCUT2D eigenvalue weighted by Gasteiger charge is 2.37. The molecule has 2 amide bonds. The van der Waals surface area contributed by atoms with Crippen molar-refractivity contribution in [3.8, 4) is 11.1 Å². The second kappa shape index (κ2) is 12.3. The van der Waals surface area contributed by atoms with E-state index in [1.807, 2.05) is 105 Å². The summed E-state index contributed by atoms with van der Waals surface area (Å²) in [5.74, 6) is -0.660. The number of carbonyl (C=O) groups excluding carboxylic acids is 2. The molecule has 7 nitrogen and oxygen atoms in total. The predicted octanol–water partition coefficient (Wildman–Crippen LogP) is 4.30. The molecule has 0 saturated heterocycles. The molecule has 38 heavy (non-hydrogen) atoms. The van der Waals surface area contributed by atoms with Gasteiger partial charge in [-0.3, -0.25) is 9.59 Å². The van der Waals surface area contributed by atoms with Gasteiger partial charge in [0.15, 0.2) is 5.43 Å². The number of aliphatic hydroxyl groups is 1. The van der Waals surface area contributed by atoms with Gasteiger partial charge in [-0.25, -0.2) is 4.79 Å². The lowest BCUT2D eigenvalue weighted by molar-refractivity contribution is -0.125. The fourth-order valence-corrected chi connectivity index (χ4v) is 4.38. The van der Waals surface area contributed by atoms with Gasteiger partial charge in [0.25, 0.3) is 0 Å². The Morgan fingerprint density at radius 2 is 1.37 bits per heavy atom. The molecule has 3 N–H and O–H groups in total. The molecule has 0 aliphatic rings. The Balaban J connectivity index is 1.47. The molecule has 0 aromatic heterocycles. The smallest absolute Gasteiger partial charge is 0.408 e. The van der Waals surface area contributed by atoms with Crippen LogP contribution in [0.2, 0.25) is 0 Å². The number of aliphatic hydroxyl groups excluding tert-OH is 1. The van der Waals surface area contributed by atoms with E-state index in [4.69, 9.17) is 4.74 Å². The maximum absolute atomic E-state index is 13.5. The number of benzene rings is 3. The highest BCUT2D eigenvalue weighted by molar-refractivity contribution is 5.86. The Morgan fingerprint density at radius 1 is 0.816 bits per heavy atom. The minimum atomic E-state index is -1.18. The number of alkyl carbamates (subject to hydrolysis) is 1. The molecule has 0 aliphatic carbocycles. The molecule has 0 heterocycles. The van der Waals surface area contributed by atoms with Gasteiger partial charge in [-0.05, 0) is 22.6 Å². The molecule has 0 aliphatic heterocycles. The molecule has 0 unspecified atom stereocenters. The Kier molecular flexibility index (Phi) is 8.71. The van der Waals surface area contributed by atoms with E-state index in [0.29, 0.717) is 11.1 Å². The molecular formula is C31H32N2O5. The van der Waals surface area contributed by atoms with Crippen LogP contribution in [-0.2, 0) is 22.6 Å². The van der Waals surface area contributed by atoms with Crippen LogP contribution in [0.15, 0.2) is 95.8 Å². The number of rotatable bonds is 11. The van der Waals surface area contributed by atoms with Crippen molar-refractivity contribution < 1.29 is 19.4 Å². The average Bonchev–Trinajstić information content (AvgIpc) is 3.61. The van der Waals surface area contributed by atoms with E-state index < -0.39 is 30.2 Å². The molecule has 0 saturated carbocycles. The Bertz CT molecular complexity index is 1350. The van der Waals surface area contributed by atoms with Gasteiger partial charge in [0.1, 0.15) is 18.8 Å². The summed E-state index contributed by atoms with van der Waals surface area (Å²) < 4.78 is 5.34. The number of nitrogens with one attached hydrogen (secondary N) is 2. The Labute approximate surface area is 222 Å². The summed E-state index contributed by atoms with van der Waals surface area (Å²) in [6, 6.07) is 26.0. The van der Waals surface area contributed by atoms with Crippen molar-refractivity contribution in [1.82, 2.24) is 10.6 Å². The zero-order chi connectivity index (χ0) is 27.1. The molecule has 0 fully saturated rings. The van der Waals surface area contributed by atoms with Crippen molar-refractivity contribution in [2.24, 2.45) is 5.92 Å². The van der Waals surface area contributed by atoms with Crippen molar-refractivity contribution in [3.05, 3.63) is 118 Å². The third-order valence-corrected chi connectivity index (χ3v) is 6.51. The van der Waals surface area contributed by atoms with Crippen molar-refractivity contribution in [2.45, 2.75) is 45.1 Å². The lowest BCUT2D eigenvalue weighted by Crippen LogP contribution is -2.53. The summed E-state index contributed by atoms with van der Waals surface area (Å²) in [5, 5.41) is 16.7.